The molecule has 0 aliphatic rings. The van der Waals surface area contributed by atoms with E-state index < -0.39 is 0 Å². The Morgan fingerprint density at radius 3 is 2.68 bits per heavy atom. The number of phenols is 1. The monoisotopic (exact) mass is 409 g/mol. The van der Waals surface area contributed by atoms with Crippen molar-refractivity contribution in [3.05, 3.63) is 57.2 Å². The summed E-state index contributed by atoms with van der Waals surface area (Å²) in [6.07, 6.45) is 1.52. The van der Waals surface area contributed by atoms with Crippen LogP contribution in [0.15, 0.2) is 47.6 Å². The highest BCUT2D eigenvalue weighted by atomic mass is 127. The first-order valence-electron chi connectivity index (χ1n) is 6.65. The number of anilines is 1. The number of halogens is 1. The molecule has 5 nitrogen and oxygen atoms in total. The van der Waals surface area contributed by atoms with Gasteiger partial charge < -0.3 is 10.4 Å². The van der Waals surface area contributed by atoms with Gasteiger partial charge in [0, 0.05) is 9.26 Å². The first kappa shape index (κ1) is 16.3. The van der Waals surface area contributed by atoms with Crippen molar-refractivity contribution in [1.82, 2.24) is 5.43 Å². The lowest BCUT2D eigenvalue weighted by Crippen LogP contribution is -2.26. The highest BCUT2D eigenvalue weighted by molar-refractivity contribution is 14.1. The predicted octanol–water partition coefficient (Wildman–Crippen LogP) is 2.87. The van der Waals surface area contributed by atoms with Crippen molar-refractivity contribution < 1.29 is 9.90 Å². The minimum absolute atomic E-state index is 0.147. The summed E-state index contributed by atoms with van der Waals surface area (Å²) in [6, 6.07) is 12.5. The van der Waals surface area contributed by atoms with Crippen molar-refractivity contribution in [2.75, 3.05) is 11.9 Å². The minimum Gasteiger partial charge on any atom is -0.508 e. The summed E-state index contributed by atoms with van der Waals surface area (Å²) in [5, 5.41) is 16.1. The van der Waals surface area contributed by atoms with E-state index in [-0.39, 0.29) is 18.2 Å². The number of rotatable bonds is 5. The molecule has 0 spiro atoms. The zero-order chi connectivity index (χ0) is 15.9. The Morgan fingerprint density at radius 2 is 2.00 bits per heavy atom. The zero-order valence-corrected chi connectivity index (χ0v) is 14.2. The molecule has 0 aromatic heterocycles. The van der Waals surface area contributed by atoms with E-state index in [2.05, 4.69) is 38.4 Å². The standard InChI is InChI=1S/C16H16IN3O2/c1-11-8-13(17)4-7-15(11)18-10-16(22)20-19-9-12-2-5-14(21)6-3-12/h2-9,18,21H,10H2,1H3,(H,20,22). The summed E-state index contributed by atoms with van der Waals surface area (Å²) in [6.45, 7) is 2.14. The van der Waals surface area contributed by atoms with Crippen LogP contribution in [0.5, 0.6) is 5.75 Å². The highest BCUT2D eigenvalue weighted by Gasteiger charge is 2.02. The maximum Gasteiger partial charge on any atom is 0.259 e. The lowest BCUT2D eigenvalue weighted by molar-refractivity contribution is -0.119. The van der Waals surface area contributed by atoms with Crippen LogP contribution in [0.3, 0.4) is 0 Å². The Labute approximate surface area is 142 Å². The topological polar surface area (TPSA) is 73.7 Å². The van der Waals surface area contributed by atoms with Crippen LogP contribution >= 0.6 is 22.6 Å². The van der Waals surface area contributed by atoms with Gasteiger partial charge >= 0.3 is 0 Å². The highest BCUT2D eigenvalue weighted by Crippen LogP contribution is 2.17. The number of amides is 1. The van der Waals surface area contributed by atoms with Crippen molar-refractivity contribution in [1.29, 1.82) is 0 Å². The van der Waals surface area contributed by atoms with Crippen molar-refractivity contribution in [3.63, 3.8) is 0 Å². The molecule has 6 heteroatoms. The van der Waals surface area contributed by atoms with E-state index in [1.54, 1.807) is 24.3 Å². The van der Waals surface area contributed by atoms with Gasteiger partial charge in [0.2, 0.25) is 0 Å². The number of hydrogen-bond acceptors (Lipinski definition) is 4. The van der Waals surface area contributed by atoms with Crippen LogP contribution in [0, 0.1) is 10.5 Å². The maximum absolute atomic E-state index is 11.7. The van der Waals surface area contributed by atoms with Crippen LogP contribution in [0.1, 0.15) is 11.1 Å². The van der Waals surface area contributed by atoms with Crippen LogP contribution in [-0.2, 0) is 4.79 Å². The number of hydrogen-bond donors (Lipinski definition) is 3. The van der Waals surface area contributed by atoms with E-state index in [0.29, 0.717) is 0 Å². The lowest BCUT2D eigenvalue weighted by atomic mass is 10.2. The van der Waals surface area contributed by atoms with Gasteiger partial charge in [-0.3, -0.25) is 4.79 Å². The second-order valence-electron chi connectivity index (χ2n) is 4.70. The number of carbonyl (C=O) groups excluding carboxylic acids is 1. The summed E-state index contributed by atoms with van der Waals surface area (Å²) >= 11 is 2.25. The van der Waals surface area contributed by atoms with Gasteiger partial charge in [0.05, 0.1) is 12.8 Å². The molecule has 0 unspecified atom stereocenters. The Balaban J connectivity index is 1.81. The molecule has 0 radical (unpaired) electrons. The second kappa shape index (κ2) is 7.79. The van der Waals surface area contributed by atoms with Crippen LogP contribution in [0.25, 0.3) is 0 Å². The van der Waals surface area contributed by atoms with Gasteiger partial charge in [0.1, 0.15) is 5.75 Å². The van der Waals surface area contributed by atoms with Crippen molar-refractivity contribution >= 4 is 40.4 Å². The summed E-state index contributed by atoms with van der Waals surface area (Å²) < 4.78 is 1.16. The van der Waals surface area contributed by atoms with Crippen molar-refractivity contribution in [2.24, 2.45) is 5.10 Å². The molecule has 1 amide bonds. The molecule has 0 aliphatic heterocycles. The fourth-order valence-corrected chi connectivity index (χ4v) is 2.43. The Morgan fingerprint density at radius 1 is 1.27 bits per heavy atom. The van der Waals surface area contributed by atoms with Gasteiger partial charge in [-0.05, 0) is 83.1 Å². The minimum atomic E-state index is -0.229. The molecule has 3 N–H and O–H groups in total. The molecule has 2 rings (SSSR count). The number of nitrogens with one attached hydrogen (secondary N) is 2. The summed E-state index contributed by atoms with van der Waals surface area (Å²) in [5.41, 5.74) is 5.26. The third-order valence-electron chi connectivity index (χ3n) is 2.92. The largest absolute Gasteiger partial charge is 0.508 e. The second-order valence-corrected chi connectivity index (χ2v) is 5.94. The summed E-state index contributed by atoms with van der Waals surface area (Å²) in [4.78, 5) is 11.7. The average Bonchev–Trinajstić information content (AvgIpc) is 2.48. The predicted molar refractivity (Wildman–Crippen MR) is 96.2 cm³/mol. The van der Waals surface area contributed by atoms with E-state index >= 15 is 0 Å². The van der Waals surface area contributed by atoms with Crippen LogP contribution in [-0.4, -0.2) is 23.8 Å². The molecule has 0 heterocycles. The fraction of sp³-hybridized carbons (Fsp3) is 0.125. The molecule has 0 atom stereocenters. The van der Waals surface area contributed by atoms with Crippen molar-refractivity contribution in [3.8, 4) is 5.75 Å². The lowest BCUT2D eigenvalue weighted by Gasteiger charge is -2.08. The number of carbonyl (C=O) groups is 1. The Bertz CT molecular complexity index is 684. The number of nitrogens with zero attached hydrogens (tertiary/aromatic N) is 1. The molecule has 2 aromatic rings. The quantitative estimate of drug-likeness (QED) is 0.404. The SMILES string of the molecule is Cc1cc(I)ccc1NCC(=O)NN=Cc1ccc(O)cc1. The zero-order valence-electron chi connectivity index (χ0n) is 12.0. The molecule has 0 saturated carbocycles. The molecule has 0 fully saturated rings. The van der Waals surface area contributed by atoms with Gasteiger partial charge in [0.25, 0.3) is 5.91 Å². The number of benzene rings is 2. The Hall–Kier alpha value is -2.09. The van der Waals surface area contributed by atoms with Crippen LogP contribution < -0.4 is 10.7 Å². The molecule has 114 valence electrons. The number of aryl methyl sites for hydroxylation is 1. The third-order valence-corrected chi connectivity index (χ3v) is 3.59. The Kier molecular flexibility index (Phi) is 5.76. The van der Waals surface area contributed by atoms with E-state index in [4.69, 9.17) is 5.11 Å². The fourth-order valence-electron chi connectivity index (χ4n) is 1.78. The van der Waals surface area contributed by atoms with Crippen molar-refractivity contribution in [2.45, 2.75) is 6.92 Å². The molecule has 22 heavy (non-hydrogen) atoms. The number of phenolic OH excluding ortho intramolecular Hbond substituents is 1. The van der Waals surface area contributed by atoms with E-state index in [0.717, 1.165) is 20.4 Å². The first-order valence-corrected chi connectivity index (χ1v) is 7.73. The summed E-state index contributed by atoms with van der Waals surface area (Å²) in [5.74, 6) is -0.0359. The molecule has 0 bridgehead atoms. The number of hydrazone groups is 1. The molecule has 0 aliphatic carbocycles. The number of aromatic hydroxyl groups is 1. The molecule has 0 saturated heterocycles. The third kappa shape index (κ3) is 5.03. The normalized spacial score (nSPS) is 10.6. The van der Waals surface area contributed by atoms with E-state index in [1.165, 1.54) is 6.21 Å². The maximum atomic E-state index is 11.7. The first-order chi connectivity index (χ1) is 10.5. The van der Waals surface area contributed by atoms with Gasteiger partial charge in [-0.25, -0.2) is 5.43 Å². The van der Waals surface area contributed by atoms with Gasteiger partial charge in [-0.2, -0.15) is 5.10 Å². The smallest absolute Gasteiger partial charge is 0.259 e. The molecular formula is C16H16IN3O2. The van der Waals surface area contributed by atoms with Gasteiger partial charge in [0.15, 0.2) is 0 Å². The van der Waals surface area contributed by atoms with Crippen LogP contribution in [0.4, 0.5) is 5.69 Å². The van der Waals surface area contributed by atoms with Gasteiger partial charge in [-0.1, -0.05) is 0 Å². The van der Waals surface area contributed by atoms with E-state index in [1.807, 2.05) is 25.1 Å². The summed E-state index contributed by atoms with van der Waals surface area (Å²) in [7, 11) is 0. The van der Waals surface area contributed by atoms with Gasteiger partial charge in [-0.15, -0.1) is 0 Å². The average molecular weight is 409 g/mol. The van der Waals surface area contributed by atoms with Crippen LogP contribution in [0.2, 0.25) is 0 Å². The molecular weight excluding hydrogens is 393 g/mol. The van der Waals surface area contributed by atoms with E-state index in [9.17, 15) is 4.79 Å². The molecule has 2 aromatic carbocycles.